The van der Waals surface area contributed by atoms with E-state index in [1.54, 1.807) is 24.3 Å². The molecule has 14 heteroatoms. The van der Waals surface area contributed by atoms with Gasteiger partial charge in [0.1, 0.15) is 11.7 Å². The van der Waals surface area contributed by atoms with Crippen molar-refractivity contribution in [2.75, 3.05) is 47.4 Å². The minimum absolute atomic E-state index is 0.000780. The number of nitrogens with zero attached hydrogens (tertiary/aromatic N) is 3. The summed E-state index contributed by atoms with van der Waals surface area (Å²) in [4.78, 5) is 31.8. The van der Waals surface area contributed by atoms with Gasteiger partial charge < -0.3 is 49.7 Å². The first-order chi connectivity index (χ1) is 31.6. The molecule has 6 N–H and O–H groups in total. The molecule has 0 radical (unpaired) electrons. The van der Waals surface area contributed by atoms with Crippen molar-refractivity contribution in [1.82, 2.24) is 14.7 Å². The van der Waals surface area contributed by atoms with E-state index in [9.17, 15) is 40.2 Å². The van der Waals surface area contributed by atoms with E-state index in [-0.39, 0.29) is 59.0 Å². The molecule has 12 aliphatic rings. The van der Waals surface area contributed by atoms with E-state index >= 15 is 0 Å². The number of hydrogen-bond donors (Lipinski definition) is 6. The first-order valence-electron chi connectivity index (χ1n) is 23.5. The molecule has 6 aliphatic heterocycles. The largest absolute Gasteiger partial charge is 0.504 e. The fourth-order valence-electron chi connectivity index (χ4n) is 15.7. The molecule has 4 fully saturated rings. The molecule has 66 heavy (non-hydrogen) atoms. The van der Waals surface area contributed by atoms with Crippen LogP contribution in [0.4, 0.5) is 0 Å². The Morgan fingerprint density at radius 2 is 1.20 bits per heavy atom. The highest BCUT2D eigenvalue weighted by atomic mass is 16.5. The zero-order valence-electron chi connectivity index (χ0n) is 37.3. The van der Waals surface area contributed by atoms with Gasteiger partial charge in [-0.15, -0.1) is 0 Å². The number of likely N-dealkylation sites (tertiary alicyclic amines) is 3. The van der Waals surface area contributed by atoms with Crippen LogP contribution in [-0.4, -0.2) is 152 Å². The highest BCUT2D eigenvalue weighted by Crippen LogP contribution is 2.66. The van der Waals surface area contributed by atoms with Gasteiger partial charge in [-0.3, -0.25) is 19.4 Å². The van der Waals surface area contributed by atoms with Gasteiger partial charge in [0, 0.05) is 41.2 Å². The standard InChI is InChI=1S/C18H19NO3.C17H19NO4.C17H17NO4/c1-19-7-6-18-12-4-2-11(9-20)17(18)22-16-14(21)5-3-10(15(16)18)8-13(12)19;2*1-18-7-6-16-13-9-2-3-10(19)14(13)22-15(16)11(20)4-5-17(16,21)12(18)8-9/h2-5,13,17,20-21H,6-9H2,1H3;2-3,12,15,19,21H,4-8H2,1H3;2-5,12,15,19,21H,6-8H2,1H3/t13-,17+,18+;2*12-,15+,16+,17-/m111/s1. The number of ether oxygens (including phenoxy) is 3. The molecule has 344 valence electrons. The summed E-state index contributed by atoms with van der Waals surface area (Å²) in [6.45, 7) is 2.63. The van der Waals surface area contributed by atoms with Gasteiger partial charge in [0.25, 0.3) is 0 Å². The first kappa shape index (κ1) is 41.0. The van der Waals surface area contributed by atoms with E-state index in [0.717, 1.165) is 66.7 Å². The third kappa shape index (κ3) is 4.59. The zero-order valence-corrected chi connectivity index (χ0v) is 37.3. The predicted molar refractivity (Wildman–Crippen MR) is 238 cm³/mol. The zero-order chi connectivity index (χ0) is 45.6. The van der Waals surface area contributed by atoms with Gasteiger partial charge in [-0.2, -0.15) is 0 Å². The first-order valence-corrected chi connectivity index (χ1v) is 23.5. The number of likely N-dealkylation sites (N-methyl/N-ethyl adjacent to an activating group) is 3. The van der Waals surface area contributed by atoms with Crippen LogP contribution in [-0.2, 0) is 45.1 Å². The summed E-state index contributed by atoms with van der Waals surface area (Å²) >= 11 is 0. The lowest BCUT2D eigenvalue weighted by Crippen LogP contribution is -2.76. The Kier molecular flexibility index (Phi) is 8.24. The van der Waals surface area contributed by atoms with Gasteiger partial charge in [-0.25, -0.2) is 0 Å². The quantitative estimate of drug-likeness (QED) is 0.209. The van der Waals surface area contributed by atoms with Crippen molar-refractivity contribution in [3.8, 4) is 34.5 Å². The van der Waals surface area contributed by atoms with E-state index in [4.69, 9.17) is 14.2 Å². The molecule has 0 aromatic heterocycles. The number of phenolic OH excluding ortho intramolecular Hbond substituents is 3. The second-order valence-corrected chi connectivity index (χ2v) is 21.1. The molecule has 0 amide bonds. The van der Waals surface area contributed by atoms with Gasteiger partial charge in [0.15, 0.2) is 58.3 Å². The Morgan fingerprint density at radius 1 is 0.636 bits per heavy atom. The lowest BCUT2D eigenvalue weighted by Gasteiger charge is -2.61. The maximum Gasteiger partial charge on any atom is 0.196 e. The van der Waals surface area contributed by atoms with Crippen molar-refractivity contribution in [2.45, 2.75) is 115 Å². The summed E-state index contributed by atoms with van der Waals surface area (Å²) in [6, 6.07) is 11.2. The second-order valence-electron chi connectivity index (χ2n) is 21.1. The minimum Gasteiger partial charge on any atom is -0.504 e. The third-order valence-electron chi connectivity index (χ3n) is 18.7. The van der Waals surface area contributed by atoms with Crippen LogP contribution in [0.2, 0.25) is 0 Å². The summed E-state index contributed by atoms with van der Waals surface area (Å²) in [5.41, 5.74) is 4.95. The van der Waals surface area contributed by atoms with Crippen LogP contribution in [0.25, 0.3) is 0 Å². The molecule has 6 bridgehead atoms. The number of ketones is 2. The summed E-state index contributed by atoms with van der Waals surface area (Å²) in [5.74, 6) is 1.73. The van der Waals surface area contributed by atoms with Gasteiger partial charge in [-0.05, 0) is 144 Å². The van der Waals surface area contributed by atoms with E-state index in [0.29, 0.717) is 55.4 Å². The van der Waals surface area contributed by atoms with Gasteiger partial charge in [0.2, 0.25) is 0 Å². The van der Waals surface area contributed by atoms with Crippen LogP contribution >= 0.6 is 0 Å². The van der Waals surface area contributed by atoms with E-state index in [1.807, 2.05) is 38.4 Å². The Morgan fingerprint density at radius 3 is 1.88 bits per heavy atom. The number of aromatic hydroxyl groups is 3. The Hall–Kier alpha value is -5.22. The molecular formula is C52H55N3O11. The lowest BCUT2D eigenvalue weighted by atomic mass is 9.49. The minimum atomic E-state index is -1.13. The number of Topliss-reactive ketones (excluding diaryl/α,β-unsaturated/α-hetero) is 1. The molecule has 3 saturated heterocycles. The van der Waals surface area contributed by atoms with Crippen molar-refractivity contribution in [3.63, 3.8) is 0 Å². The number of piperidine rings is 3. The Balaban J connectivity index is 0.0000000988. The normalized spacial score (nSPS) is 39.3. The van der Waals surface area contributed by atoms with Crippen LogP contribution in [0, 0.1) is 0 Å². The van der Waals surface area contributed by atoms with Crippen LogP contribution in [0.3, 0.4) is 0 Å². The molecule has 3 aromatic carbocycles. The molecule has 0 unspecified atom stereocenters. The Bertz CT molecular complexity index is 2810. The average molecular weight is 898 g/mol. The summed E-state index contributed by atoms with van der Waals surface area (Å²) < 4.78 is 18.0. The number of hydrogen-bond acceptors (Lipinski definition) is 14. The Labute approximate surface area is 382 Å². The highest BCUT2D eigenvalue weighted by Gasteiger charge is 2.74. The van der Waals surface area contributed by atoms with Crippen molar-refractivity contribution < 1.29 is 54.4 Å². The number of allylic oxidation sites excluding steroid dienone is 2. The van der Waals surface area contributed by atoms with Crippen molar-refractivity contribution in [2.24, 2.45) is 0 Å². The van der Waals surface area contributed by atoms with E-state index in [1.165, 1.54) is 22.8 Å². The van der Waals surface area contributed by atoms with Crippen LogP contribution in [0.5, 0.6) is 34.5 Å². The van der Waals surface area contributed by atoms with Crippen molar-refractivity contribution >= 4 is 11.6 Å². The number of benzene rings is 3. The summed E-state index contributed by atoms with van der Waals surface area (Å²) in [6.07, 6.45) is 11.3. The van der Waals surface area contributed by atoms with Crippen LogP contribution < -0.4 is 14.2 Å². The molecule has 15 rings (SSSR count). The topological polar surface area (TPSA) is 193 Å². The number of rotatable bonds is 1. The fraction of sp³-hybridized carbons (Fsp3) is 0.500. The number of carbonyl (C=O) groups is 2. The van der Waals surface area contributed by atoms with Crippen molar-refractivity contribution in [1.29, 1.82) is 0 Å². The lowest BCUT2D eigenvalue weighted by molar-refractivity contribution is -0.185. The summed E-state index contributed by atoms with van der Waals surface area (Å²) in [5, 5.41) is 63.6. The monoisotopic (exact) mass is 897 g/mol. The second kappa shape index (κ2) is 13.3. The molecule has 6 heterocycles. The van der Waals surface area contributed by atoms with E-state index in [2.05, 4.69) is 27.8 Å². The van der Waals surface area contributed by atoms with Crippen molar-refractivity contribution in [3.05, 3.63) is 105 Å². The van der Waals surface area contributed by atoms with Crippen LogP contribution in [0.15, 0.2) is 71.8 Å². The van der Waals surface area contributed by atoms with E-state index < -0.39 is 34.2 Å². The number of carbonyl (C=O) groups excluding carboxylic acids is 2. The maximum atomic E-state index is 12.5. The predicted octanol–water partition coefficient (Wildman–Crippen LogP) is 2.78. The van der Waals surface area contributed by atoms with Gasteiger partial charge >= 0.3 is 0 Å². The SMILES string of the molecule is CN1CC[C@@]23C4=CC=C(CO)[C@@H]2Oc2c(O)ccc(c23)C[C@H]41.CN1CC[C@]23c4c5ccc(O)c4O[C@H]2C(=O)C=C[C@@]3(O)[C@H]1C5.CN1CC[C@]23c4c5ccc(O)c4O[C@H]2C(=O)CC[C@@]3(O)[C@H]1C5. The molecule has 6 aliphatic carbocycles. The maximum absolute atomic E-state index is 12.5. The fourth-order valence-corrected chi connectivity index (χ4v) is 15.7. The van der Waals surface area contributed by atoms with Crippen LogP contribution in [0.1, 0.15) is 65.5 Å². The average Bonchev–Trinajstić information content (AvgIpc) is 3.98. The smallest absolute Gasteiger partial charge is 0.196 e. The number of aliphatic hydroxyl groups excluding tert-OH is 1. The van der Waals surface area contributed by atoms with Gasteiger partial charge in [-0.1, -0.05) is 30.4 Å². The number of phenols is 3. The number of aliphatic hydroxyl groups is 3. The van der Waals surface area contributed by atoms with Gasteiger partial charge in [0.05, 0.1) is 28.5 Å². The molecule has 14 nitrogen and oxygen atoms in total. The molecule has 11 atom stereocenters. The highest BCUT2D eigenvalue weighted by molar-refractivity contribution is 5.99. The molecule has 1 saturated carbocycles. The summed E-state index contributed by atoms with van der Waals surface area (Å²) in [7, 11) is 6.24. The molecular weight excluding hydrogens is 843 g/mol. The third-order valence-corrected chi connectivity index (χ3v) is 18.7. The molecule has 3 aromatic rings. The molecule has 3 spiro atoms.